The highest BCUT2D eigenvalue weighted by Crippen LogP contribution is 2.33. The SMILES string of the molecule is CN(C)C=Nc1nc2c(ncn2[C@@H]2O[C@H](CO)[C@H](O)[C@@H]2OCCCCCCNC(=O)C(F)(F)F)c(=O)[nH]1. The topological polar surface area (TPSA) is 167 Å². The van der Waals surface area contributed by atoms with Crippen molar-refractivity contribution in [2.45, 2.75) is 56.4 Å². The summed E-state index contributed by atoms with van der Waals surface area (Å²) in [7, 11) is 3.50. The Hall–Kier alpha value is -3.08. The third kappa shape index (κ3) is 7.24. The quantitative estimate of drug-likeness (QED) is 0.169. The van der Waals surface area contributed by atoms with Crippen molar-refractivity contribution in [3.05, 3.63) is 16.7 Å². The van der Waals surface area contributed by atoms with E-state index in [1.807, 2.05) is 5.32 Å². The maximum atomic E-state index is 12.4. The highest BCUT2D eigenvalue weighted by Gasteiger charge is 2.46. The van der Waals surface area contributed by atoms with Gasteiger partial charge in [0.25, 0.3) is 5.56 Å². The van der Waals surface area contributed by atoms with Crippen LogP contribution >= 0.6 is 0 Å². The third-order valence-electron chi connectivity index (χ3n) is 5.52. The molecule has 3 heterocycles. The highest BCUT2D eigenvalue weighted by atomic mass is 19.4. The van der Waals surface area contributed by atoms with Crippen molar-refractivity contribution in [1.82, 2.24) is 29.7 Å². The van der Waals surface area contributed by atoms with Gasteiger partial charge in [-0.05, 0) is 12.8 Å². The Morgan fingerprint density at radius 2 is 2.08 bits per heavy atom. The second-order valence-corrected chi connectivity index (χ2v) is 8.66. The molecule has 206 valence electrons. The lowest BCUT2D eigenvalue weighted by Gasteiger charge is -2.22. The Labute approximate surface area is 209 Å². The normalized spacial score (nSPS) is 22.2. The van der Waals surface area contributed by atoms with E-state index in [9.17, 15) is 33.0 Å². The number of carbonyl (C=O) groups excluding carboxylic acids is 1. The molecule has 2 aromatic rings. The molecule has 16 heteroatoms. The zero-order chi connectivity index (χ0) is 27.2. The monoisotopic (exact) mass is 533 g/mol. The molecule has 0 aliphatic carbocycles. The Kier molecular flexibility index (Phi) is 9.58. The Morgan fingerprint density at radius 3 is 2.76 bits per heavy atom. The Morgan fingerprint density at radius 1 is 1.35 bits per heavy atom. The number of aliphatic hydroxyl groups is 2. The largest absolute Gasteiger partial charge is 0.471 e. The Bertz CT molecular complexity index is 1140. The van der Waals surface area contributed by atoms with E-state index in [-0.39, 0.29) is 30.3 Å². The molecule has 0 radical (unpaired) electrons. The summed E-state index contributed by atoms with van der Waals surface area (Å²) in [5.74, 6) is -1.93. The number of alkyl halides is 3. The van der Waals surface area contributed by atoms with E-state index in [1.54, 1.807) is 19.0 Å². The molecule has 2 aromatic heterocycles. The number of aromatic amines is 1. The van der Waals surface area contributed by atoms with Crippen LogP contribution in [0, 0.1) is 0 Å². The number of nitrogens with zero attached hydrogens (tertiary/aromatic N) is 5. The van der Waals surface area contributed by atoms with Crippen molar-refractivity contribution in [2.75, 3.05) is 33.9 Å². The summed E-state index contributed by atoms with van der Waals surface area (Å²) in [6.07, 6.45) is -4.05. The molecule has 37 heavy (non-hydrogen) atoms. The first-order valence-electron chi connectivity index (χ1n) is 11.6. The molecule has 1 fully saturated rings. The van der Waals surface area contributed by atoms with E-state index >= 15 is 0 Å². The van der Waals surface area contributed by atoms with Crippen molar-refractivity contribution in [3.8, 4) is 0 Å². The number of nitrogens with one attached hydrogen (secondary N) is 2. The fourth-order valence-corrected chi connectivity index (χ4v) is 3.71. The minimum Gasteiger partial charge on any atom is -0.394 e. The first-order chi connectivity index (χ1) is 17.5. The average molecular weight is 534 g/mol. The smallest absolute Gasteiger partial charge is 0.394 e. The number of fused-ring (bicyclic) bond motifs is 1. The molecule has 4 atom stereocenters. The van der Waals surface area contributed by atoms with Gasteiger partial charge in [0, 0.05) is 27.2 Å². The summed E-state index contributed by atoms with van der Waals surface area (Å²) < 4.78 is 49.6. The molecule has 3 rings (SSSR count). The lowest BCUT2D eigenvalue weighted by molar-refractivity contribution is -0.173. The predicted molar refractivity (Wildman–Crippen MR) is 124 cm³/mol. The number of ether oxygens (including phenoxy) is 2. The molecule has 0 unspecified atom stereocenters. The summed E-state index contributed by atoms with van der Waals surface area (Å²) in [6.45, 7) is -0.372. The van der Waals surface area contributed by atoms with E-state index in [0.717, 1.165) is 0 Å². The molecule has 0 spiro atoms. The standard InChI is InChI=1S/C21H30F3N7O6/c1-30(2)10-27-20-28-16-13(17(34)29-20)26-11-31(16)18-15(14(33)12(9-32)37-18)36-8-6-4-3-5-7-25-19(35)21(22,23)24/h10-12,14-15,18,32-33H,3-9H2,1-2H3,(H,25,35)(H,28,29,34)/t12-,14+,15+,18-/m1/s1. The minimum absolute atomic E-state index is 0.0331. The summed E-state index contributed by atoms with van der Waals surface area (Å²) in [5, 5.41) is 22.1. The van der Waals surface area contributed by atoms with Crippen LogP contribution in [0.1, 0.15) is 31.9 Å². The molecule has 0 aromatic carbocycles. The molecular formula is C21H30F3N7O6. The van der Waals surface area contributed by atoms with Gasteiger partial charge in [-0.25, -0.2) is 9.98 Å². The van der Waals surface area contributed by atoms with Crippen LogP contribution in [0.4, 0.5) is 19.1 Å². The molecule has 1 saturated heterocycles. The number of halogens is 3. The first kappa shape index (κ1) is 28.5. The number of amides is 1. The van der Waals surface area contributed by atoms with Gasteiger partial charge in [0.05, 0.1) is 19.3 Å². The molecule has 1 aliphatic heterocycles. The maximum Gasteiger partial charge on any atom is 0.471 e. The van der Waals surface area contributed by atoms with Crippen LogP contribution in [-0.2, 0) is 14.3 Å². The van der Waals surface area contributed by atoms with Gasteiger partial charge < -0.3 is 29.9 Å². The Balaban J connectivity index is 1.62. The molecule has 4 N–H and O–H groups in total. The number of hydrogen-bond acceptors (Lipinski definition) is 9. The van der Waals surface area contributed by atoms with Gasteiger partial charge in [-0.15, -0.1) is 0 Å². The van der Waals surface area contributed by atoms with Gasteiger partial charge in [0.15, 0.2) is 17.4 Å². The average Bonchev–Trinajstić information content (AvgIpc) is 3.39. The van der Waals surface area contributed by atoms with Crippen LogP contribution in [0.5, 0.6) is 0 Å². The van der Waals surface area contributed by atoms with E-state index in [0.29, 0.717) is 25.7 Å². The maximum absolute atomic E-state index is 12.4. The number of aliphatic hydroxyl groups excluding tert-OH is 2. The van der Waals surface area contributed by atoms with Crippen LogP contribution in [0.25, 0.3) is 11.2 Å². The second kappa shape index (κ2) is 12.4. The first-order valence-corrected chi connectivity index (χ1v) is 11.6. The van der Waals surface area contributed by atoms with Gasteiger partial charge in [-0.1, -0.05) is 12.8 Å². The van der Waals surface area contributed by atoms with Crippen LogP contribution in [-0.4, -0.2) is 105 Å². The number of imidazole rings is 1. The van der Waals surface area contributed by atoms with E-state index in [1.165, 1.54) is 17.2 Å². The number of unbranched alkanes of at least 4 members (excludes halogenated alkanes) is 3. The minimum atomic E-state index is -4.90. The molecule has 1 aliphatic rings. The molecule has 0 bridgehead atoms. The number of carbonyl (C=O) groups is 1. The molecule has 0 saturated carbocycles. The van der Waals surface area contributed by atoms with Crippen molar-refractivity contribution >= 4 is 29.4 Å². The van der Waals surface area contributed by atoms with Crippen molar-refractivity contribution in [1.29, 1.82) is 0 Å². The summed E-state index contributed by atoms with van der Waals surface area (Å²) in [5.41, 5.74) is -0.332. The van der Waals surface area contributed by atoms with Crippen molar-refractivity contribution in [3.63, 3.8) is 0 Å². The van der Waals surface area contributed by atoms with Crippen molar-refractivity contribution in [2.24, 2.45) is 4.99 Å². The van der Waals surface area contributed by atoms with Gasteiger partial charge in [-0.2, -0.15) is 18.2 Å². The number of hydrogen-bond donors (Lipinski definition) is 4. The van der Waals surface area contributed by atoms with E-state index < -0.39 is 48.8 Å². The number of rotatable bonds is 12. The number of H-pyrrole nitrogens is 1. The molecule has 1 amide bonds. The predicted octanol–water partition coefficient (Wildman–Crippen LogP) is 0.216. The van der Waals surface area contributed by atoms with Gasteiger partial charge in [0.1, 0.15) is 18.3 Å². The summed E-state index contributed by atoms with van der Waals surface area (Å²) in [6, 6.07) is 0. The van der Waals surface area contributed by atoms with Gasteiger partial charge in [-0.3, -0.25) is 19.1 Å². The van der Waals surface area contributed by atoms with Gasteiger partial charge >= 0.3 is 12.1 Å². The highest BCUT2D eigenvalue weighted by molar-refractivity contribution is 5.81. The summed E-state index contributed by atoms with van der Waals surface area (Å²) >= 11 is 0. The second-order valence-electron chi connectivity index (χ2n) is 8.66. The molecule has 13 nitrogen and oxygen atoms in total. The fourth-order valence-electron chi connectivity index (χ4n) is 3.71. The van der Waals surface area contributed by atoms with Crippen LogP contribution in [0.2, 0.25) is 0 Å². The van der Waals surface area contributed by atoms with E-state index in [2.05, 4.69) is 19.9 Å². The zero-order valence-electron chi connectivity index (χ0n) is 20.3. The van der Waals surface area contributed by atoms with Crippen LogP contribution in [0.3, 0.4) is 0 Å². The zero-order valence-corrected chi connectivity index (χ0v) is 20.3. The van der Waals surface area contributed by atoms with Gasteiger partial charge in [0.2, 0.25) is 5.95 Å². The van der Waals surface area contributed by atoms with Crippen LogP contribution < -0.4 is 10.9 Å². The lowest BCUT2D eigenvalue weighted by atomic mass is 10.1. The van der Waals surface area contributed by atoms with E-state index in [4.69, 9.17) is 9.47 Å². The van der Waals surface area contributed by atoms with Crippen LogP contribution in [0.15, 0.2) is 16.1 Å². The number of aliphatic imine (C=N–C) groups is 1. The lowest BCUT2D eigenvalue weighted by Crippen LogP contribution is -2.37. The van der Waals surface area contributed by atoms with Crippen molar-refractivity contribution < 1.29 is 37.7 Å². The third-order valence-corrected chi connectivity index (χ3v) is 5.52. The fraction of sp³-hybridized carbons (Fsp3) is 0.667. The summed E-state index contributed by atoms with van der Waals surface area (Å²) in [4.78, 5) is 39.9. The molecular weight excluding hydrogens is 503 g/mol. The number of aromatic nitrogens is 4.